The summed E-state index contributed by atoms with van der Waals surface area (Å²) in [5, 5.41) is 0. The first-order chi connectivity index (χ1) is 13.0. The zero-order valence-electron chi connectivity index (χ0n) is 16.4. The number of anilines is 1. The fraction of sp³-hybridized carbons (Fsp3) is 0.636. The molecule has 4 rings (SSSR count). The SMILES string of the molecule is Cc1cccc(N2CC(C(=O)N3CCC(C4CCOC4)CC3)CC2=O)c1C. The van der Waals surface area contributed by atoms with Gasteiger partial charge in [0, 0.05) is 45.0 Å². The highest BCUT2D eigenvalue weighted by molar-refractivity contribution is 6.00. The molecule has 1 aromatic carbocycles. The molecule has 5 heteroatoms. The maximum absolute atomic E-state index is 13.0. The van der Waals surface area contributed by atoms with Gasteiger partial charge in [-0.3, -0.25) is 9.59 Å². The molecule has 0 radical (unpaired) electrons. The maximum Gasteiger partial charge on any atom is 0.228 e. The van der Waals surface area contributed by atoms with E-state index in [0.29, 0.717) is 24.8 Å². The Morgan fingerprint density at radius 1 is 1.11 bits per heavy atom. The van der Waals surface area contributed by atoms with Gasteiger partial charge in [0.15, 0.2) is 0 Å². The van der Waals surface area contributed by atoms with Crippen molar-refractivity contribution in [3.05, 3.63) is 29.3 Å². The minimum absolute atomic E-state index is 0.0695. The molecule has 0 aromatic heterocycles. The van der Waals surface area contributed by atoms with Crippen molar-refractivity contribution in [3.63, 3.8) is 0 Å². The van der Waals surface area contributed by atoms with Crippen LogP contribution in [-0.2, 0) is 14.3 Å². The van der Waals surface area contributed by atoms with Crippen LogP contribution in [0.3, 0.4) is 0 Å². The second-order valence-electron chi connectivity index (χ2n) is 8.41. The number of rotatable bonds is 3. The summed E-state index contributed by atoms with van der Waals surface area (Å²) in [5.41, 5.74) is 3.25. The van der Waals surface area contributed by atoms with Crippen LogP contribution in [0.15, 0.2) is 18.2 Å². The van der Waals surface area contributed by atoms with Crippen molar-refractivity contribution in [2.75, 3.05) is 37.7 Å². The number of aryl methyl sites for hydroxylation is 1. The lowest BCUT2D eigenvalue weighted by molar-refractivity contribution is -0.137. The lowest BCUT2D eigenvalue weighted by atomic mass is 9.83. The minimum Gasteiger partial charge on any atom is -0.381 e. The third-order valence-electron chi connectivity index (χ3n) is 6.82. The average molecular weight is 370 g/mol. The van der Waals surface area contributed by atoms with E-state index in [-0.39, 0.29) is 17.7 Å². The van der Waals surface area contributed by atoms with Crippen LogP contribution in [-0.4, -0.2) is 49.6 Å². The largest absolute Gasteiger partial charge is 0.381 e. The van der Waals surface area contributed by atoms with Gasteiger partial charge in [0.2, 0.25) is 11.8 Å². The van der Waals surface area contributed by atoms with E-state index in [9.17, 15) is 9.59 Å². The van der Waals surface area contributed by atoms with Crippen LogP contribution in [0.5, 0.6) is 0 Å². The molecule has 146 valence electrons. The van der Waals surface area contributed by atoms with Crippen LogP contribution >= 0.6 is 0 Å². The molecule has 3 aliphatic rings. The van der Waals surface area contributed by atoms with Gasteiger partial charge >= 0.3 is 0 Å². The quantitative estimate of drug-likeness (QED) is 0.822. The lowest BCUT2D eigenvalue weighted by Crippen LogP contribution is -2.43. The van der Waals surface area contributed by atoms with Gasteiger partial charge in [0.25, 0.3) is 0 Å². The van der Waals surface area contributed by atoms with Gasteiger partial charge in [0.05, 0.1) is 5.92 Å². The van der Waals surface area contributed by atoms with Crippen molar-refractivity contribution in [1.82, 2.24) is 4.90 Å². The van der Waals surface area contributed by atoms with Gasteiger partial charge in [-0.25, -0.2) is 0 Å². The van der Waals surface area contributed by atoms with E-state index in [0.717, 1.165) is 50.4 Å². The molecule has 1 aromatic rings. The summed E-state index contributed by atoms with van der Waals surface area (Å²) in [6, 6.07) is 6.03. The van der Waals surface area contributed by atoms with E-state index in [1.807, 2.05) is 28.9 Å². The van der Waals surface area contributed by atoms with Gasteiger partial charge in [-0.1, -0.05) is 12.1 Å². The minimum atomic E-state index is -0.205. The standard InChI is InChI=1S/C22H30N2O3/c1-15-4-3-5-20(16(15)2)24-13-19(12-21(24)25)22(26)23-9-6-17(7-10-23)18-8-11-27-14-18/h3-5,17-19H,6-14H2,1-2H3. The van der Waals surface area contributed by atoms with Gasteiger partial charge < -0.3 is 14.5 Å². The van der Waals surface area contributed by atoms with Gasteiger partial charge in [-0.15, -0.1) is 0 Å². The number of nitrogens with zero attached hydrogens (tertiary/aromatic N) is 2. The first-order valence-electron chi connectivity index (χ1n) is 10.3. The summed E-state index contributed by atoms with van der Waals surface area (Å²) >= 11 is 0. The first kappa shape index (κ1) is 18.5. The number of carbonyl (C=O) groups is 2. The zero-order valence-corrected chi connectivity index (χ0v) is 16.4. The second-order valence-corrected chi connectivity index (χ2v) is 8.41. The molecule has 0 bridgehead atoms. The third-order valence-corrected chi connectivity index (χ3v) is 6.82. The van der Waals surface area contributed by atoms with E-state index in [2.05, 4.69) is 13.0 Å². The van der Waals surface area contributed by atoms with Gasteiger partial charge in [-0.2, -0.15) is 0 Å². The maximum atomic E-state index is 13.0. The Balaban J connectivity index is 1.37. The predicted octanol–water partition coefficient (Wildman–Crippen LogP) is 2.93. The Labute approximate surface area is 161 Å². The Hall–Kier alpha value is -1.88. The van der Waals surface area contributed by atoms with Crippen molar-refractivity contribution >= 4 is 17.5 Å². The van der Waals surface area contributed by atoms with Crippen LogP contribution in [0.1, 0.15) is 36.8 Å². The predicted molar refractivity (Wildman–Crippen MR) is 105 cm³/mol. The van der Waals surface area contributed by atoms with E-state index in [1.165, 1.54) is 12.0 Å². The van der Waals surface area contributed by atoms with Gasteiger partial charge in [-0.05, 0) is 62.1 Å². The molecule has 2 unspecified atom stereocenters. The van der Waals surface area contributed by atoms with E-state index >= 15 is 0 Å². The number of ether oxygens (including phenoxy) is 1. The fourth-order valence-electron chi connectivity index (χ4n) is 4.91. The van der Waals surface area contributed by atoms with Gasteiger partial charge in [0.1, 0.15) is 0 Å². The summed E-state index contributed by atoms with van der Waals surface area (Å²) < 4.78 is 5.53. The third kappa shape index (κ3) is 3.62. The summed E-state index contributed by atoms with van der Waals surface area (Å²) in [6.07, 6.45) is 3.64. The van der Waals surface area contributed by atoms with Crippen molar-refractivity contribution in [1.29, 1.82) is 0 Å². The zero-order chi connectivity index (χ0) is 19.0. The van der Waals surface area contributed by atoms with Crippen LogP contribution in [0.2, 0.25) is 0 Å². The molecule has 0 aliphatic carbocycles. The molecule has 2 amide bonds. The number of hydrogen-bond acceptors (Lipinski definition) is 3. The Kier molecular flexibility index (Phi) is 5.22. The lowest BCUT2D eigenvalue weighted by Gasteiger charge is -2.35. The highest BCUT2D eigenvalue weighted by Crippen LogP contribution is 2.33. The fourth-order valence-corrected chi connectivity index (χ4v) is 4.91. The molecule has 3 heterocycles. The van der Waals surface area contributed by atoms with E-state index in [1.54, 1.807) is 0 Å². The number of amides is 2. The molecule has 27 heavy (non-hydrogen) atoms. The van der Waals surface area contributed by atoms with Crippen LogP contribution in [0.4, 0.5) is 5.69 Å². The molecular weight excluding hydrogens is 340 g/mol. The topological polar surface area (TPSA) is 49.9 Å². The highest BCUT2D eigenvalue weighted by atomic mass is 16.5. The second kappa shape index (κ2) is 7.63. The van der Waals surface area contributed by atoms with E-state index < -0.39 is 0 Å². The van der Waals surface area contributed by atoms with Crippen LogP contribution in [0.25, 0.3) is 0 Å². The molecule has 3 fully saturated rings. The van der Waals surface area contributed by atoms with Crippen molar-refractivity contribution < 1.29 is 14.3 Å². The van der Waals surface area contributed by atoms with Crippen molar-refractivity contribution in [2.24, 2.45) is 17.8 Å². The Bertz CT molecular complexity index is 718. The summed E-state index contributed by atoms with van der Waals surface area (Å²) in [7, 11) is 0. The number of piperidine rings is 1. The number of benzene rings is 1. The molecule has 0 N–H and O–H groups in total. The number of carbonyl (C=O) groups excluding carboxylic acids is 2. The van der Waals surface area contributed by atoms with Crippen LogP contribution in [0, 0.1) is 31.6 Å². The molecular formula is C22H30N2O3. The van der Waals surface area contributed by atoms with Crippen molar-refractivity contribution in [3.8, 4) is 0 Å². The smallest absolute Gasteiger partial charge is 0.228 e. The first-order valence-corrected chi connectivity index (χ1v) is 10.3. The summed E-state index contributed by atoms with van der Waals surface area (Å²) in [4.78, 5) is 29.4. The number of hydrogen-bond donors (Lipinski definition) is 0. The summed E-state index contributed by atoms with van der Waals surface area (Å²) in [6.45, 7) is 8.05. The molecule has 3 aliphatic heterocycles. The van der Waals surface area contributed by atoms with E-state index in [4.69, 9.17) is 4.74 Å². The molecule has 0 spiro atoms. The average Bonchev–Trinajstić information content (AvgIpc) is 3.34. The molecule has 5 nitrogen and oxygen atoms in total. The molecule has 3 saturated heterocycles. The Morgan fingerprint density at radius 2 is 1.89 bits per heavy atom. The monoisotopic (exact) mass is 370 g/mol. The van der Waals surface area contributed by atoms with Crippen molar-refractivity contribution in [2.45, 2.75) is 39.5 Å². The summed E-state index contributed by atoms with van der Waals surface area (Å²) in [5.74, 6) is 1.39. The van der Waals surface area contributed by atoms with Crippen LogP contribution < -0.4 is 4.90 Å². The normalized spacial score (nSPS) is 26.8. The molecule has 0 saturated carbocycles. The Morgan fingerprint density at radius 3 is 2.59 bits per heavy atom. The highest BCUT2D eigenvalue weighted by Gasteiger charge is 2.39. The number of likely N-dealkylation sites (tertiary alicyclic amines) is 1. The molecule has 2 atom stereocenters.